The number of benzene rings is 1. The lowest BCUT2D eigenvalue weighted by Crippen LogP contribution is -2.36. The zero-order chi connectivity index (χ0) is 20.1. The van der Waals surface area contributed by atoms with E-state index in [1.54, 1.807) is 38.3 Å². The van der Waals surface area contributed by atoms with Crippen LogP contribution in [0.25, 0.3) is 11.5 Å². The second kappa shape index (κ2) is 8.74. The van der Waals surface area contributed by atoms with E-state index in [1.165, 1.54) is 0 Å². The number of nitrogens with zero attached hydrogens (tertiary/aromatic N) is 1. The van der Waals surface area contributed by atoms with Crippen LogP contribution in [-0.4, -0.2) is 51.4 Å². The Morgan fingerprint density at radius 1 is 1.32 bits per heavy atom. The van der Waals surface area contributed by atoms with Crippen LogP contribution in [0.5, 0.6) is 5.75 Å². The van der Waals surface area contributed by atoms with Gasteiger partial charge in [-0.2, -0.15) is 0 Å². The van der Waals surface area contributed by atoms with Gasteiger partial charge in [-0.05, 0) is 44.0 Å². The summed E-state index contributed by atoms with van der Waals surface area (Å²) in [7, 11) is -2.10. The quantitative estimate of drug-likeness (QED) is 0.710. The predicted octanol–water partition coefficient (Wildman–Crippen LogP) is 1.87. The first-order valence-corrected chi connectivity index (χ1v) is 10.9. The molecule has 0 radical (unpaired) electrons. The molecule has 1 aliphatic heterocycles. The molecule has 9 heteroatoms. The molecule has 1 aromatic heterocycles. The summed E-state index contributed by atoms with van der Waals surface area (Å²) in [5.41, 5.74) is 1.01. The van der Waals surface area contributed by atoms with Crippen molar-refractivity contribution >= 4 is 15.7 Å². The van der Waals surface area contributed by atoms with Gasteiger partial charge in [-0.15, -0.1) is 0 Å². The van der Waals surface area contributed by atoms with Crippen molar-refractivity contribution in [3.05, 3.63) is 35.7 Å². The first-order chi connectivity index (χ1) is 13.4. The third kappa shape index (κ3) is 5.32. The van der Waals surface area contributed by atoms with Crippen LogP contribution in [0.1, 0.15) is 24.3 Å². The Kier molecular flexibility index (Phi) is 6.35. The number of ether oxygens (including phenoxy) is 2. The number of rotatable bonds is 8. The molecule has 8 nitrogen and oxygen atoms in total. The van der Waals surface area contributed by atoms with Gasteiger partial charge in [0.15, 0.2) is 9.84 Å². The maximum atomic E-state index is 12.4. The highest BCUT2D eigenvalue weighted by molar-refractivity contribution is 7.91. The van der Waals surface area contributed by atoms with Crippen molar-refractivity contribution in [2.75, 3.05) is 26.0 Å². The van der Waals surface area contributed by atoms with E-state index in [0.29, 0.717) is 41.8 Å². The van der Waals surface area contributed by atoms with Crippen molar-refractivity contribution in [1.29, 1.82) is 0 Å². The number of methoxy groups -OCH3 is 1. The molecule has 1 N–H and O–H groups in total. The molecule has 1 aliphatic rings. The Balaban J connectivity index is 1.61. The van der Waals surface area contributed by atoms with Gasteiger partial charge >= 0.3 is 0 Å². The van der Waals surface area contributed by atoms with E-state index in [0.717, 1.165) is 12.8 Å². The van der Waals surface area contributed by atoms with Crippen LogP contribution in [0.15, 0.2) is 28.7 Å². The van der Waals surface area contributed by atoms with Crippen molar-refractivity contribution in [3.63, 3.8) is 0 Å². The van der Waals surface area contributed by atoms with Gasteiger partial charge in [-0.3, -0.25) is 4.79 Å². The average molecular weight is 408 g/mol. The molecule has 1 unspecified atom stereocenters. The molecule has 0 saturated carbocycles. The maximum Gasteiger partial charge on any atom is 0.235 e. The number of aryl methyl sites for hydroxylation is 1. The first-order valence-electron chi connectivity index (χ1n) is 9.06. The smallest absolute Gasteiger partial charge is 0.235 e. The van der Waals surface area contributed by atoms with Crippen molar-refractivity contribution in [2.24, 2.45) is 0 Å². The Bertz CT molecular complexity index is 914. The van der Waals surface area contributed by atoms with Crippen LogP contribution in [-0.2, 0) is 25.1 Å². The molecule has 0 aliphatic carbocycles. The number of oxazole rings is 1. The molecule has 2 heterocycles. The number of amides is 1. The van der Waals surface area contributed by atoms with Gasteiger partial charge in [0.1, 0.15) is 17.3 Å². The van der Waals surface area contributed by atoms with E-state index in [4.69, 9.17) is 13.9 Å². The fourth-order valence-electron chi connectivity index (χ4n) is 2.96. The summed E-state index contributed by atoms with van der Waals surface area (Å²) in [5.74, 6) is -0.0476. The zero-order valence-corrected chi connectivity index (χ0v) is 16.8. The normalized spacial score (nSPS) is 16.9. The molecule has 152 valence electrons. The van der Waals surface area contributed by atoms with E-state index in [-0.39, 0.29) is 11.9 Å². The van der Waals surface area contributed by atoms with Gasteiger partial charge in [0.2, 0.25) is 11.8 Å². The maximum absolute atomic E-state index is 12.4. The van der Waals surface area contributed by atoms with Crippen molar-refractivity contribution < 1.29 is 27.1 Å². The molecule has 1 fully saturated rings. The van der Waals surface area contributed by atoms with Crippen molar-refractivity contribution in [2.45, 2.75) is 31.6 Å². The van der Waals surface area contributed by atoms with Gasteiger partial charge in [-0.1, -0.05) is 0 Å². The molecule has 2 aromatic rings. The molecular formula is C19H24N2O6S. The van der Waals surface area contributed by atoms with Crippen molar-refractivity contribution in [1.82, 2.24) is 10.3 Å². The van der Waals surface area contributed by atoms with Crippen molar-refractivity contribution in [3.8, 4) is 17.2 Å². The van der Waals surface area contributed by atoms with Crippen LogP contribution >= 0.6 is 0 Å². The third-order valence-corrected chi connectivity index (χ3v) is 5.90. The number of carbonyl (C=O) groups is 1. The number of carbonyl (C=O) groups excluding carboxylic acids is 1. The van der Waals surface area contributed by atoms with Crippen LogP contribution in [0.3, 0.4) is 0 Å². The minimum absolute atomic E-state index is 0.0310. The molecule has 0 spiro atoms. The molecule has 1 saturated heterocycles. The number of hydrogen-bond donors (Lipinski definition) is 1. The zero-order valence-electron chi connectivity index (χ0n) is 15.9. The van der Waals surface area contributed by atoms with Crippen LogP contribution in [0.4, 0.5) is 0 Å². The van der Waals surface area contributed by atoms with E-state index in [1.807, 2.05) is 0 Å². The van der Waals surface area contributed by atoms with Gasteiger partial charge in [0.25, 0.3) is 0 Å². The summed E-state index contributed by atoms with van der Waals surface area (Å²) in [6, 6.07) is 7.09. The summed E-state index contributed by atoms with van der Waals surface area (Å²) in [6.07, 6.45) is 1.80. The number of nitrogens with one attached hydrogen (secondary N) is 1. The molecule has 0 bridgehead atoms. The lowest BCUT2D eigenvalue weighted by atomic mass is 10.2. The van der Waals surface area contributed by atoms with Gasteiger partial charge in [0, 0.05) is 18.7 Å². The number of aromatic nitrogens is 1. The average Bonchev–Trinajstić information content (AvgIpc) is 3.30. The second-order valence-corrected chi connectivity index (χ2v) is 8.79. The summed E-state index contributed by atoms with van der Waals surface area (Å²) in [4.78, 5) is 16.3. The number of hydrogen-bond acceptors (Lipinski definition) is 7. The molecule has 1 amide bonds. The molecular weight excluding hydrogens is 384 g/mol. The summed E-state index contributed by atoms with van der Waals surface area (Å²) >= 11 is 0. The standard InChI is InChI=1S/C19H24N2O6S/c1-13-17(21-19(27-13)14-5-7-15(25-2)8-6-14)11-28(23,24)12-18(22)20-10-16-4-3-9-26-16/h5-8,16H,3-4,9-12H2,1-2H3,(H,20,22). The van der Waals surface area contributed by atoms with Crippen LogP contribution in [0.2, 0.25) is 0 Å². The van der Waals surface area contributed by atoms with Gasteiger partial charge in [-0.25, -0.2) is 13.4 Å². The molecule has 28 heavy (non-hydrogen) atoms. The molecule has 3 rings (SSSR count). The van der Waals surface area contributed by atoms with E-state index in [2.05, 4.69) is 10.3 Å². The highest BCUT2D eigenvalue weighted by Crippen LogP contribution is 2.25. The molecule has 1 atom stereocenters. The lowest BCUT2D eigenvalue weighted by Gasteiger charge is -2.10. The monoisotopic (exact) mass is 408 g/mol. The Hall–Kier alpha value is -2.39. The third-order valence-electron chi connectivity index (χ3n) is 4.49. The highest BCUT2D eigenvalue weighted by atomic mass is 32.2. The largest absolute Gasteiger partial charge is 0.497 e. The fourth-order valence-corrected chi connectivity index (χ4v) is 4.25. The SMILES string of the molecule is COc1ccc(-c2nc(CS(=O)(=O)CC(=O)NCC3CCCO3)c(C)o2)cc1. The van der Waals surface area contributed by atoms with Crippen LogP contribution < -0.4 is 10.1 Å². The van der Waals surface area contributed by atoms with E-state index in [9.17, 15) is 13.2 Å². The fraction of sp³-hybridized carbons (Fsp3) is 0.474. The minimum Gasteiger partial charge on any atom is -0.497 e. The van der Waals surface area contributed by atoms with Gasteiger partial charge < -0.3 is 19.2 Å². The van der Waals surface area contributed by atoms with Gasteiger partial charge in [0.05, 0.1) is 24.7 Å². The second-order valence-electron chi connectivity index (χ2n) is 6.72. The summed E-state index contributed by atoms with van der Waals surface area (Å²) in [6.45, 7) is 2.67. The summed E-state index contributed by atoms with van der Waals surface area (Å²) in [5, 5.41) is 2.62. The summed E-state index contributed by atoms with van der Waals surface area (Å²) < 4.78 is 40.9. The topological polar surface area (TPSA) is 108 Å². The Morgan fingerprint density at radius 3 is 2.71 bits per heavy atom. The number of sulfone groups is 1. The Morgan fingerprint density at radius 2 is 2.07 bits per heavy atom. The highest BCUT2D eigenvalue weighted by Gasteiger charge is 2.23. The lowest BCUT2D eigenvalue weighted by molar-refractivity contribution is -0.119. The van der Waals surface area contributed by atoms with E-state index < -0.39 is 21.5 Å². The first kappa shape index (κ1) is 20.3. The minimum atomic E-state index is -3.68. The molecule has 1 aromatic carbocycles. The Labute approximate surface area is 164 Å². The van der Waals surface area contributed by atoms with Crippen LogP contribution in [0, 0.1) is 6.92 Å². The van der Waals surface area contributed by atoms with E-state index >= 15 is 0 Å². The predicted molar refractivity (Wildman–Crippen MR) is 103 cm³/mol.